The number of carbonyl (C=O) groups is 1. The summed E-state index contributed by atoms with van der Waals surface area (Å²) in [5.74, 6) is 1.63. The van der Waals surface area contributed by atoms with Gasteiger partial charge in [-0.15, -0.1) is 0 Å². The molecule has 1 aliphatic rings. The Morgan fingerprint density at radius 2 is 2.00 bits per heavy atom. The molecule has 0 bridgehead atoms. The van der Waals surface area contributed by atoms with Gasteiger partial charge in [-0.05, 0) is 13.3 Å². The van der Waals surface area contributed by atoms with Gasteiger partial charge >= 0.3 is 0 Å². The minimum Gasteiger partial charge on any atom is -0.351 e. The zero-order valence-electron chi connectivity index (χ0n) is 14.2. The van der Waals surface area contributed by atoms with Crippen LogP contribution in [0.1, 0.15) is 47.7 Å². The number of rotatable bonds is 6. The molecule has 0 aromatic carbocycles. The van der Waals surface area contributed by atoms with Gasteiger partial charge in [0.1, 0.15) is 0 Å². The second kappa shape index (κ2) is 7.57. The minimum absolute atomic E-state index is 0.102. The molecule has 0 spiro atoms. The summed E-state index contributed by atoms with van der Waals surface area (Å²) in [5, 5.41) is 7.77. The van der Waals surface area contributed by atoms with Crippen LogP contribution in [0.3, 0.4) is 0 Å². The second-order valence-corrected chi connectivity index (χ2v) is 6.11. The normalized spacial score (nSPS) is 15.8. The first kappa shape index (κ1) is 16.6. The van der Waals surface area contributed by atoms with Crippen LogP contribution in [0.5, 0.6) is 0 Å². The van der Waals surface area contributed by atoms with Crippen LogP contribution >= 0.6 is 0 Å². The summed E-state index contributed by atoms with van der Waals surface area (Å²) in [5.41, 5.74) is 0.715. The van der Waals surface area contributed by atoms with Gasteiger partial charge in [-0.3, -0.25) is 9.69 Å². The van der Waals surface area contributed by atoms with Gasteiger partial charge in [0.25, 0.3) is 5.91 Å². The zero-order chi connectivity index (χ0) is 16.9. The Bertz CT molecular complexity index is 673. The van der Waals surface area contributed by atoms with Crippen molar-refractivity contribution in [2.45, 2.75) is 39.7 Å². The number of piperazine rings is 1. The fourth-order valence-corrected chi connectivity index (χ4v) is 2.71. The number of aryl methyl sites for hydroxylation is 2. The van der Waals surface area contributed by atoms with Gasteiger partial charge in [-0.25, -0.2) is 0 Å². The molecule has 24 heavy (non-hydrogen) atoms. The predicted octanol–water partition coefficient (Wildman–Crippen LogP) is 1.67. The lowest BCUT2D eigenvalue weighted by Gasteiger charge is -2.33. The van der Waals surface area contributed by atoms with Crippen LogP contribution in [0.4, 0.5) is 0 Å². The summed E-state index contributed by atoms with van der Waals surface area (Å²) in [6.45, 7) is 7.41. The highest BCUT2D eigenvalue weighted by Crippen LogP contribution is 2.12. The average Bonchev–Trinajstić information content (AvgIpc) is 3.22. The molecule has 0 unspecified atom stereocenters. The fourth-order valence-electron chi connectivity index (χ4n) is 2.71. The van der Waals surface area contributed by atoms with E-state index in [0.717, 1.165) is 38.2 Å². The molecule has 8 heteroatoms. The maximum atomic E-state index is 12.3. The fraction of sp³-hybridized carbons (Fsp3) is 0.625. The van der Waals surface area contributed by atoms with Crippen LogP contribution in [0.2, 0.25) is 0 Å². The van der Waals surface area contributed by atoms with E-state index >= 15 is 0 Å². The molecule has 2 aromatic rings. The number of carbonyl (C=O) groups excluding carboxylic acids is 1. The van der Waals surface area contributed by atoms with Gasteiger partial charge in [0, 0.05) is 38.7 Å². The van der Waals surface area contributed by atoms with Crippen molar-refractivity contribution >= 4 is 5.91 Å². The monoisotopic (exact) mass is 333 g/mol. The van der Waals surface area contributed by atoms with E-state index in [-0.39, 0.29) is 5.91 Å². The summed E-state index contributed by atoms with van der Waals surface area (Å²) < 4.78 is 10.4. The van der Waals surface area contributed by atoms with E-state index in [1.807, 2.05) is 0 Å². The first-order chi connectivity index (χ1) is 11.7. The van der Waals surface area contributed by atoms with Crippen molar-refractivity contribution in [3.8, 4) is 0 Å². The molecular weight excluding hydrogens is 310 g/mol. The van der Waals surface area contributed by atoms with E-state index in [4.69, 9.17) is 9.05 Å². The second-order valence-electron chi connectivity index (χ2n) is 6.11. The molecule has 1 saturated heterocycles. The van der Waals surface area contributed by atoms with Crippen LogP contribution in [0.15, 0.2) is 15.1 Å². The first-order valence-corrected chi connectivity index (χ1v) is 8.42. The molecule has 0 saturated carbocycles. The lowest BCUT2D eigenvalue weighted by atomic mass is 10.2. The number of hydrogen-bond donors (Lipinski definition) is 0. The van der Waals surface area contributed by atoms with E-state index in [1.165, 1.54) is 0 Å². The van der Waals surface area contributed by atoms with Crippen molar-refractivity contribution in [3.63, 3.8) is 0 Å². The van der Waals surface area contributed by atoms with Crippen molar-refractivity contribution in [1.82, 2.24) is 25.1 Å². The highest BCUT2D eigenvalue weighted by atomic mass is 16.5. The lowest BCUT2D eigenvalue weighted by molar-refractivity contribution is 0.0576. The Morgan fingerprint density at radius 3 is 2.67 bits per heavy atom. The van der Waals surface area contributed by atoms with Gasteiger partial charge in [-0.1, -0.05) is 23.7 Å². The Hall–Kier alpha value is -2.22. The van der Waals surface area contributed by atoms with Gasteiger partial charge in [0.2, 0.25) is 11.7 Å². The largest absolute Gasteiger partial charge is 0.351 e. The van der Waals surface area contributed by atoms with Crippen LogP contribution < -0.4 is 0 Å². The molecule has 0 N–H and O–H groups in total. The molecule has 1 amide bonds. The molecule has 2 aromatic heterocycles. The molecule has 0 aliphatic carbocycles. The summed E-state index contributed by atoms with van der Waals surface area (Å²) >= 11 is 0. The van der Waals surface area contributed by atoms with Crippen LogP contribution in [-0.4, -0.2) is 57.2 Å². The van der Waals surface area contributed by atoms with E-state index in [9.17, 15) is 4.79 Å². The summed E-state index contributed by atoms with van der Waals surface area (Å²) in [7, 11) is 0. The number of amides is 1. The van der Waals surface area contributed by atoms with Gasteiger partial charge < -0.3 is 13.9 Å². The van der Waals surface area contributed by atoms with Crippen LogP contribution in [0.25, 0.3) is 0 Å². The van der Waals surface area contributed by atoms with Crippen molar-refractivity contribution < 1.29 is 13.8 Å². The van der Waals surface area contributed by atoms with Crippen LogP contribution in [-0.2, 0) is 13.0 Å². The van der Waals surface area contributed by atoms with Gasteiger partial charge in [0.15, 0.2) is 5.82 Å². The Balaban J connectivity index is 1.48. The highest BCUT2D eigenvalue weighted by molar-refractivity contribution is 5.91. The summed E-state index contributed by atoms with van der Waals surface area (Å²) in [4.78, 5) is 20.7. The molecule has 130 valence electrons. The molecule has 3 heterocycles. The van der Waals surface area contributed by atoms with E-state index < -0.39 is 0 Å². The van der Waals surface area contributed by atoms with E-state index in [0.29, 0.717) is 37.0 Å². The van der Waals surface area contributed by atoms with Crippen molar-refractivity contribution in [3.05, 3.63) is 29.2 Å². The van der Waals surface area contributed by atoms with Crippen LogP contribution in [0, 0.1) is 6.92 Å². The maximum Gasteiger partial charge on any atom is 0.292 e. The summed E-state index contributed by atoms with van der Waals surface area (Å²) in [6.07, 6.45) is 3.05. The maximum absolute atomic E-state index is 12.3. The Morgan fingerprint density at radius 1 is 1.21 bits per heavy atom. The van der Waals surface area contributed by atoms with Gasteiger partial charge in [-0.2, -0.15) is 4.98 Å². The molecular formula is C16H23N5O3. The molecule has 8 nitrogen and oxygen atoms in total. The topological polar surface area (TPSA) is 88.5 Å². The lowest BCUT2D eigenvalue weighted by Crippen LogP contribution is -2.48. The third-order valence-corrected chi connectivity index (χ3v) is 4.12. The standard InChI is InChI=1S/C16H23N5O3/c1-3-4-5-14-17-15(24-19-14)11-20-6-8-21(9-7-20)16(22)13-10-12(2)18-23-13/h10H,3-9,11H2,1-2H3. The number of unbranched alkanes of at least 4 members (excludes halogenated alkanes) is 1. The zero-order valence-corrected chi connectivity index (χ0v) is 14.2. The summed E-state index contributed by atoms with van der Waals surface area (Å²) in [6, 6.07) is 1.67. The third kappa shape index (κ3) is 4.00. The van der Waals surface area contributed by atoms with E-state index in [1.54, 1.807) is 17.9 Å². The SMILES string of the molecule is CCCCc1noc(CN2CCN(C(=O)c3cc(C)no3)CC2)n1. The molecule has 1 aliphatic heterocycles. The highest BCUT2D eigenvalue weighted by Gasteiger charge is 2.25. The number of hydrogen-bond acceptors (Lipinski definition) is 7. The Kier molecular flexibility index (Phi) is 5.24. The van der Waals surface area contributed by atoms with Crippen molar-refractivity contribution in [2.75, 3.05) is 26.2 Å². The third-order valence-electron chi connectivity index (χ3n) is 4.12. The molecule has 1 fully saturated rings. The van der Waals surface area contributed by atoms with Crippen molar-refractivity contribution in [1.29, 1.82) is 0 Å². The molecule has 3 rings (SSSR count). The average molecular weight is 333 g/mol. The predicted molar refractivity (Wildman–Crippen MR) is 85.3 cm³/mol. The minimum atomic E-state index is -0.102. The smallest absolute Gasteiger partial charge is 0.292 e. The van der Waals surface area contributed by atoms with Crippen molar-refractivity contribution in [2.24, 2.45) is 0 Å². The molecule has 0 radical (unpaired) electrons. The Labute approximate surface area is 140 Å². The quantitative estimate of drug-likeness (QED) is 0.794. The first-order valence-electron chi connectivity index (χ1n) is 8.42. The molecule has 0 atom stereocenters. The van der Waals surface area contributed by atoms with Gasteiger partial charge in [0.05, 0.1) is 12.2 Å². The number of aromatic nitrogens is 3. The van der Waals surface area contributed by atoms with E-state index in [2.05, 4.69) is 27.1 Å². The number of nitrogens with zero attached hydrogens (tertiary/aromatic N) is 5.